The first kappa shape index (κ1) is 14.4. The standard InChI is InChI=1S/C15H21ClN2O/c1-10-6-7-12(16)8-14(10)15(19)18-11(2)4-3-5-13(18)9-17/h6-8,11,13H,3-5,9,17H2,1-2H3. The number of benzene rings is 1. The number of hydrogen-bond acceptors (Lipinski definition) is 2. The molecular weight excluding hydrogens is 260 g/mol. The van der Waals surface area contributed by atoms with E-state index in [1.165, 1.54) is 0 Å². The molecule has 1 amide bonds. The Morgan fingerprint density at radius 2 is 2.21 bits per heavy atom. The first-order valence-corrected chi connectivity index (χ1v) is 7.21. The molecular formula is C15H21ClN2O. The molecule has 2 unspecified atom stereocenters. The lowest BCUT2D eigenvalue weighted by Gasteiger charge is -2.40. The van der Waals surface area contributed by atoms with Crippen LogP contribution in [0.15, 0.2) is 18.2 Å². The molecule has 0 bridgehead atoms. The van der Waals surface area contributed by atoms with Crippen LogP contribution in [0, 0.1) is 6.92 Å². The fourth-order valence-electron chi connectivity index (χ4n) is 2.85. The van der Waals surface area contributed by atoms with Crippen LogP contribution in [0.25, 0.3) is 0 Å². The molecule has 2 rings (SSSR count). The first-order valence-electron chi connectivity index (χ1n) is 6.83. The van der Waals surface area contributed by atoms with E-state index in [-0.39, 0.29) is 18.0 Å². The van der Waals surface area contributed by atoms with E-state index >= 15 is 0 Å². The van der Waals surface area contributed by atoms with Crippen molar-refractivity contribution in [2.45, 2.75) is 45.2 Å². The summed E-state index contributed by atoms with van der Waals surface area (Å²) in [7, 11) is 0. The number of hydrogen-bond donors (Lipinski definition) is 1. The van der Waals surface area contributed by atoms with Gasteiger partial charge in [0.15, 0.2) is 0 Å². The van der Waals surface area contributed by atoms with E-state index in [0.717, 1.165) is 24.8 Å². The first-order chi connectivity index (χ1) is 9.04. The largest absolute Gasteiger partial charge is 0.332 e. The molecule has 4 heteroatoms. The lowest BCUT2D eigenvalue weighted by atomic mass is 9.94. The zero-order valence-electron chi connectivity index (χ0n) is 11.5. The number of carbonyl (C=O) groups is 1. The molecule has 1 saturated heterocycles. The van der Waals surface area contributed by atoms with Crippen LogP contribution in [-0.4, -0.2) is 29.4 Å². The number of amides is 1. The van der Waals surface area contributed by atoms with E-state index < -0.39 is 0 Å². The van der Waals surface area contributed by atoms with Gasteiger partial charge in [-0.2, -0.15) is 0 Å². The maximum absolute atomic E-state index is 12.8. The molecule has 1 fully saturated rings. The minimum atomic E-state index is 0.0580. The predicted molar refractivity (Wildman–Crippen MR) is 78.5 cm³/mol. The summed E-state index contributed by atoms with van der Waals surface area (Å²) in [6.07, 6.45) is 3.18. The van der Waals surface area contributed by atoms with Crippen LogP contribution in [-0.2, 0) is 0 Å². The fourth-order valence-corrected chi connectivity index (χ4v) is 3.02. The number of nitrogens with two attached hydrogens (primary N) is 1. The summed E-state index contributed by atoms with van der Waals surface area (Å²) in [4.78, 5) is 14.7. The van der Waals surface area contributed by atoms with Crippen LogP contribution in [0.5, 0.6) is 0 Å². The van der Waals surface area contributed by atoms with Gasteiger partial charge >= 0.3 is 0 Å². The highest BCUT2D eigenvalue weighted by atomic mass is 35.5. The summed E-state index contributed by atoms with van der Waals surface area (Å²) >= 11 is 6.01. The molecule has 1 aliphatic rings. The van der Waals surface area contributed by atoms with Crippen LogP contribution >= 0.6 is 11.6 Å². The molecule has 2 atom stereocenters. The SMILES string of the molecule is Cc1ccc(Cl)cc1C(=O)N1C(C)CCCC1CN. The molecule has 1 aliphatic heterocycles. The number of halogens is 1. The summed E-state index contributed by atoms with van der Waals surface area (Å²) in [6.45, 7) is 4.56. The second kappa shape index (κ2) is 5.93. The van der Waals surface area contributed by atoms with Gasteiger partial charge in [0.05, 0.1) is 0 Å². The van der Waals surface area contributed by atoms with Gasteiger partial charge in [-0.15, -0.1) is 0 Å². The van der Waals surface area contributed by atoms with Crippen molar-refractivity contribution in [3.63, 3.8) is 0 Å². The molecule has 19 heavy (non-hydrogen) atoms. The van der Waals surface area contributed by atoms with Crippen LogP contribution < -0.4 is 5.73 Å². The van der Waals surface area contributed by atoms with Crippen LogP contribution in [0.2, 0.25) is 5.02 Å². The summed E-state index contributed by atoms with van der Waals surface area (Å²) < 4.78 is 0. The zero-order valence-corrected chi connectivity index (χ0v) is 12.3. The van der Waals surface area contributed by atoms with Crippen LogP contribution in [0.3, 0.4) is 0 Å². The van der Waals surface area contributed by atoms with Gasteiger partial charge in [-0.3, -0.25) is 4.79 Å². The highest BCUT2D eigenvalue weighted by Crippen LogP contribution is 2.26. The second-order valence-corrected chi connectivity index (χ2v) is 5.78. The maximum Gasteiger partial charge on any atom is 0.254 e. The Hall–Kier alpha value is -1.06. The molecule has 0 radical (unpaired) electrons. The Labute approximate surface area is 119 Å². The molecule has 3 nitrogen and oxygen atoms in total. The molecule has 1 aromatic rings. The molecule has 104 valence electrons. The molecule has 0 saturated carbocycles. The minimum absolute atomic E-state index is 0.0580. The Morgan fingerprint density at radius 3 is 2.89 bits per heavy atom. The van der Waals surface area contributed by atoms with E-state index in [4.69, 9.17) is 17.3 Å². The minimum Gasteiger partial charge on any atom is -0.332 e. The number of likely N-dealkylation sites (tertiary alicyclic amines) is 1. The van der Waals surface area contributed by atoms with Crippen molar-refractivity contribution in [3.8, 4) is 0 Å². The number of carbonyl (C=O) groups excluding carboxylic acids is 1. The van der Waals surface area contributed by atoms with Gasteiger partial charge in [0.2, 0.25) is 0 Å². The number of piperidine rings is 1. The van der Waals surface area contributed by atoms with Gasteiger partial charge in [0.25, 0.3) is 5.91 Å². The topological polar surface area (TPSA) is 46.3 Å². The van der Waals surface area contributed by atoms with Gasteiger partial charge < -0.3 is 10.6 Å². The van der Waals surface area contributed by atoms with Gasteiger partial charge in [-0.25, -0.2) is 0 Å². The van der Waals surface area contributed by atoms with Crippen molar-refractivity contribution in [1.29, 1.82) is 0 Å². The van der Waals surface area contributed by atoms with E-state index in [1.807, 2.05) is 24.0 Å². The highest BCUT2D eigenvalue weighted by Gasteiger charge is 2.32. The van der Waals surface area contributed by atoms with E-state index in [0.29, 0.717) is 17.1 Å². The number of nitrogens with zero attached hydrogens (tertiary/aromatic N) is 1. The van der Waals surface area contributed by atoms with Gasteiger partial charge in [-0.1, -0.05) is 17.7 Å². The normalized spacial score (nSPS) is 23.5. The average molecular weight is 281 g/mol. The van der Waals surface area contributed by atoms with E-state index in [1.54, 1.807) is 6.07 Å². The molecule has 2 N–H and O–H groups in total. The van der Waals surface area contributed by atoms with Crippen molar-refractivity contribution < 1.29 is 4.79 Å². The van der Waals surface area contributed by atoms with Crippen LogP contribution in [0.1, 0.15) is 42.1 Å². The third-order valence-electron chi connectivity index (χ3n) is 3.96. The van der Waals surface area contributed by atoms with Crippen molar-refractivity contribution in [1.82, 2.24) is 4.90 Å². The number of aryl methyl sites for hydroxylation is 1. The van der Waals surface area contributed by atoms with E-state index in [9.17, 15) is 4.79 Å². The molecule has 0 spiro atoms. The Balaban J connectivity index is 2.33. The maximum atomic E-state index is 12.8. The number of rotatable bonds is 2. The molecule has 0 aromatic heterocycles. The summed E-state index contributed by atoms with van der Waals surface area (Å²) in [5.41, 5.74) is 7.47. The van der Waals surface area contributed by atoms with Gasteiger partial charge in [-0.05, 0) is 50.8 Å². The average Bonchev–Trinajstić information content (AvgIpc) is 2.40. The highest BCUT2D eigenvalue weighted by molar-refractivity contribution is 6.31. The smallest absolute Gasteiger partial charge is 0.254 e. The fraction of sp³-hybridized carbons (Fsp3) is 0.533. The van der Waals surface area contributed by atoms with Crippen molar-refractivity contribution in [2.75, 3.05) is 6.54 Å². The predicted octanol–water partition coefficient (Wildman–Crippen LogP) is 2.99. The summed E-state index contributed by atoms with van der Waals surface area (Å²) in [6, 6.07) is 5.85. The summed E-state index contributed by atoms with van der Waals surface area (Å²) in [5.74, 6) is 0.0580. The quantitative estimate of drug-likeness (QED) is 0.905. The van der Waals surface area contributed by atoms with E-state index in [2.05, 4.69) is 6.92 Å². The zero-order chi connectivity index (χ0) is 14.0. The molecule has 1 heterocycles. The monoisotopic (exact) mass is 280 g/mol. The third kappa shape index (κ3) is 2.93. The van der Waals surface area contributed by atoms with Gasteiger partial charge in [0, 0.05) is 29.2 Å². The summed E-state index contributed by atoms with van der Waals surface area (Å²) in [5, 5.41) is 0.600. The van der Waals surface area contributed by atoms with Crippen molar-refractivity contribution in [2.24, 2.45) is 5.73 Å². The van der Waals surface area contributed by atoms with Crippen molar-refractivity contribution in [3.05, 3.63) is 34.3 Å². The van der Waals surface area contributed by atoms with Crippen molar-refractivity contribution >= 4 is 17.5 Å². The van der Waals surface area contributed by atoms with Crippen LogP contribution in [0.4, 0.5) is 0 Å². The Kier molecular flexibility index (Phi) is 4.48. The lowest BCUT2D eigenvalue weighted by Crippen LogP contribution is -2.52. The Morgan fingerprint density at radius 1 is 1.47 bits per heavy atom. The third-order valence-corrected chi connectivity index (χ3v) is 4.20. The lowest BCUT2D eigenvalue weighted by molar-refractivity contribution is 0.0493. The Bertz CT molecular complexity index is 475. The van der Waals surface area contributed by atoms with Gasteiger partial charge in [0.1, 0.15) is 0 Å². The second-order valence-electron chi connectivity index (χ2n) is 5.34. The molecule has 1 aromatic carbocycles. The molecule has 0 aliphatic carbocycles.